The third kappa shape index (κ3) is 5.50. The van der Waals surface area contributed by atoms with Gasteiger partial charge < -0.3 is 14.3 Å². The fourth-order valence-corrected chi connectivity index (χ4v) is 5.82. The second-order valence-electron chi connectivity index (χ2n) is 7.65. The topological polar surface area (TPSA) is 93.6 Å². The largest absolute Gasteiger partial charge is 0.573 e. The SMILES string of the molecule is CC[Si](O)Cn1c(=O)[nH]c(=O)c2c(C)c(-c3ccc(Oc4ccc(OC(F)(F)F)cc4)cc3)sc21. The number of aryl methyl sites for hydroxylation is 1. The van der Waals surface area contributed by atoms with Gasteiger partial charge in [0.25, 0.3) is 5.56 Å². The predicted octanol–water partition coefficient (Wildman–Crippen LogP) is 4.96. The van der Waals surface area contributed by atoms with Crippen molar-refractivity contribution in [2.24, 2.45) is 0 Å². The van der Waals surface area contributed by atoms with Crippen molar-refractivity contribution in [3.63, 3.8) is 0 Å². The minimum Gasteiger partial charge on any atom is -0.457 e. The lowest BCUT2D eigenvalue weighted by atomic mass is 10.1. The minimum atomic E-state index is -4.76. The second-order valence-corrected chi connectivity index (χ2v) is 10.8. The van der Waals surface area contributed by atoms with Crippen molar-refractivity contribution in [2.75, 3.05) is 0 Å². The summed E-state index contributed by atoms with van der Waals surface area (Å²) in [6.07, 6.45) is -4.59. The van der Waals surface area contributed by atoms with Gasteiger partial charge >= 0.3 is 12.1 Å². The van der Waals surface area contributed by atoms with Crippen LogP contribution in [0.3, 0.4) is 0 Å². The van der Waals surface area contributed by atoms with Gasteiger partial charge in [-0.3, -0.25) is 14.3 Å². The highest BCUT2D eigenvalue weighted by Crippen LogP contribution is 2.37. The van der Waals surface area contributed by atoms with Gasteiger partial charge in [-0.2, -0.15) is 0 Å². The van der Waals surface area contributed by atoms with E-state index in [1.165, 1.54) is 28.0 Å². The first kappa shape index (κ1) is 24.8. The Morgan fingerprint density at radius 3 is 2.17 bits per heavy atom. The van der Waals surface area contributed by atoms with Gasteiger partial charge in [-0.15, -0.1) is 24.5 Å². The molecule has 0 saturated carbocycles. The van der Waals surface area contributed by atoms with Crippen LogP contribution in [0.5, 0.6) is 17.2 Å². The molecule has 183 valence electrons. The fourth-order valence-electron chi connectivity index (χ4n) is 3.51. The molecular formula is C23H20F3N2O5SSi. The molecule has 0 fully saturated rings. The van der Waals surface area contributed by atoms with Crippen LogP contribution in [0.4, 0.5) is 13.2 Å². The van der Waals surface area contributed by atoms with E-state index in [1.54, 1.807) is 31.2 Å². The molecule has 4 rings (SSSR count). The molecule has 12 heteroatoms. The number of ether oxygens (including phenoxy) is 2. The molecule has 2 aromatic carbocycles. The van der Waals surface area contributed by atoms with Crippen LogP contribution in [0.25, 0.3) is 20.7 Å². The number of fused-ring (bicyclic) bond motifs is 1. The summed E-state index contributed by atoms with van der Waals surface area (Å²) in [7, 11) is -1.75. The number of thiophene rings is 1. The normalized spacial score (nSPS) is 11.9. The third-order valence-electron chi connectivity index (χ3n) is 5.22. The van der Waals surface area contributed by atoms with E-state index in [9.17, 15) is 27.6 Å². The number of aromatic amines is 1. The molecule has 0 spiro atoms. The summed E-state index contributed by atoms with van der Waals surface area (Å²) < 4.78 is 47.9. The monoisotopic (exact) mass is 521 g/mol. The van der Waals surface area contributed by atoms with Gasteiger partial charge in [-0.1, -0.05) is 6.92 Å². The highest BCUT2D eigenvalue weighted by Gasteiger charge is 2.31. The molecule has 4 aromatic rings. The van der Waals surface area contributed by atoms with Crippen molar-refractivity contribution in [1.82, 2.24) is 9.55 Å². The molecule has 0 aliphatic heterocycles. The number of alkyl halides is 3. The molecule has 35 heavy (non-hydrogen) atoms. The van der Waals surface area contributed by atoms with E-state index in [0.29, 0.717) is 27.8 Å². The molecule has 2 heterocycles. The number of nitrogens with zero attached hydrogens (tertiary/aromatic N) is 1. The van der Waals surface area contributed by atoms with Crippen molar-refractivity contribution in [3.8, 4) is 27.7 Å². The summed E-state index contributed by atoms with van der Waals surface area (Å²) in [5.41, 5.74) is 0.503. The highest BCUT2D eigenvalue weighted by atomic mass is 32.1. The van der Waals surface area contributed by atoms with E-state index < -0.39 is 26.7 Å². The second kappa shape index (κ2) is 9.72. The highest BCUT2D eigenvalue weighted by molar-refractivity contribution is 7.22. The molecule has 2 aromatic heterocycles. The van der Waals surface area contributed by atoms with E-state index in [4.69, 9.17) is 4.74 Å². The Labute approximate surface area is 202 Å². The van der Waals surface area contributed by atoms with Crippen LogP contribution in [-0.4, -0.2) is 29.7 Å². The van der Waals surface area contributed by atoms with Gasteiger partial charge in [-0.05, 0) is 72.6 Å². The van der Waals surface area contributed by atoms with Crippen LogP contribution < -0.4 is 20.7 Å². The van der Waals surface area contributed by atoms with E-state index in [-0.39, 0.29) is 11.9 Å². The van der Waals surface area contributed by atoms with E-state index in [2.05, 4.69) is 9.72 Å². The number of aromatic nitrogens is 2. The zero-order valence-corrected chi connectivity index (χ0v) is 20.4. The van der Waals surface area contributed by atoms with Gasteiger partial charge in [0.15, 0.2) is 0 Å². The average Bonchev–Trinajstić information content (AvgIpc) is 3.15. The Balaban J connectivity index is 1.61. The molecular weight excluding hydrogens is 501 g/mol. The summed E-state index contributed by atoms with van der Waals surface area (Å²) >= 11 is 1.30. The van der Waals surface area contributed by atoms with Crippen LogP contribution in [0.1, 0.15) is 12.5 Å². The van der Waals surface area contributed by atoms with Gasteiger partial charge in [0.2, 0.25) is 9.04 Å². The Bertz CT molecular complexity index is 1460. The van der Waals surface area contributed by atoms with Crippen LogP contribution in [0.15, 0.2) is 58.1 Å². The van der Waals surface area contributed by atoms with E-state index in [1.807, 2.05) is 6.92 Å². The number of halogens is 3. The van der Waals surface area contributed by atoms with Crippen molar-refractivity contribution < 1.29 is 27.4 Å². The lowest BCUT2D eigenvalue weighted by Gasteiger charge is -2.10. The van der Waals surface area contributed by atoms with Crippen molar-refractivity contribution in [1.29, 1.82) is 0 Å². The van der Waals surface area contributed by atoms with Gasteiger partial charge in [0.1, 0.15) is 22.1 Å². The fraction of sp³-hybridized carbons (Fsp3) is 0.217. The van der Waals surface area contributed by atoms with Gasteiger partial charge in [0, 0.05) is 11.0 Å². The third-order valence-corrected chi connectivity index (χ3v) is 8.09. The zero-order valence-electron chi connectivity index (χ0n) is 18.6. The standard InChI is InChI=1S/C23H20F3N2O5SSi/c1-3-35(31)12-28-21-18(20(29)27-22(28)30)13(2)19(34-21)14-4-6-15(7-5-14)32-16-8-10-17(11-9-16)33-23(24,25)26/h4-11,31H,3,12H2,1-2H3,(H,27,29,30). The quantitative estimate of drug-likeness (QED) is 0.335. The number of H-pyrrole nitrogens is 1. The first-order valence-corrected chi connectivity index (χ1v) is 13.2. The summed E-state index contributed by atoms with van der Waals surface area (Å²) in [5.74, 6) is 0.447. The van der Waals surface area contributed by atoms with Crippen LogP contribution in [0.2, 0.25) is 6.04 Å². The maximum Gasteiger partial charge on any atom is 0.573 e. The lowest BCUT2D eigenvalue weighted by molar-refractivity contribution is -0.274. The number of benzene rings is 2. The number of nitrogens with one attached hydrogen (secondary N) is 1. The smallest absolute Gasteiger partial charge is 0.457 e. The Morgan fingerprint density at radius 2 is 1.60 bits per heavy atom. The molecule has 0 atom stereocenters. The maximum absolute atomic E-state index is 12.5. The van der Waals surface area contributed by atoms with Crippen molar-refractivity contribution in [3.05, 3.63) is 74.9 Å². The summed E-state index contributed by atoms with van der Waals surface area (Å²) in [6.45, 7) is 3.65. The molecule has 0 unspecified atom stereocenters. The molecule has 0 aliphatic carbocycles. The first-order chi connectivity index (χ1) is 16.6. The van der Waals surface area contributed by atoms with Crippen molar-refractivity contribution >= 4 is 30.6 Å². The maximum atomic E-state index is 12.5. The summed E-state index contributed by atoms with van der Waals surface area (Å²) in [6, 6.07) is 12.6. The summed E-state index contributed by atoms with van der Waals surface area (Å²) in [5, 5.41) is 0.414. The Hall–Kier alpha value is -3.35. The number of rotatable bonds is 7. The van der Waals surface area contributed by atoms with E-state index in [0.717, 1.165) is 28.1 Å². The Morgan fingerprint density at radius 1 is 1.03 bits per heavy atom. The molecule has 2 N–H and O–H groups in total. The first-order valence-electron chi connectivity index (χ1n) is 10.5. The molecule has 7 nitrogen and oxygen atoms in total. The van der Waals surface area contributed by atoms with Crippen LogP contribution >= 0.6 is 11.3 Å². The summed E-state index contributed by atoms with van der Waals surface area (Å²) in [4.78, 5) is 38.7. The predicted molar refractivity (Wildman–Crippen MR) is 129 cm³/mol. The average molecular weight is 522 g/mol. The van der Waals surface area contributed by atoms with Gasteiger partial charge in [0.05, 0.1) is 5.39 Å². The van der Waals surface area contributed by atoms with Gasteiger partial charge in [-0.25, -0.2) is 4.79 Å². The number of hydrogen-bond acceptors (Lipinski definition) is 6. The van der Waals surface area contributed by atoms with E-state index >= 15 is 0 Å². The van der Waals surface area contributed by atoms with Crippen LogP contribution in [-0.2, 0) is 6.17 Å². The molecule has 0 amide bonds. The molecule has 0 saturated heterocycles. The zero-order chi connectivity index (χ0) is 25.3. The molecule has 1 radical (unpaired) electrons. The Kier molecular flexibility index (Phi) is 6.88. The minimum absolute atomic E-state index is 0.173. The molecule has 0 aliphatic rings. The van der Waals surface area contributed by atoms with Crippen LogP contribution in [0, 0.1) is 6.92 Å². The molecule has 0 bridgehead atoms. The lowest BCUT2D eigenvalue weighted by Crippen LogP contribution is -2.34. The number of hydrogen-bond donors (Lipinski definition) is 2. The van der Waals surface area contributed by atoms with Crippen molar-refractivity contribution in [2.45, 2.75) is 32.4 Å².